The van der Waals surface area contributed by atoms with Gasteiger partial charge in [-0.25, -0.2) is 4.39 Å². The molecule has 1 aromatic carbocycles. The third kappa shape index (κ3) is 2.60. The van der Waals surface area contributed by atoms with E-state index in [1.807, 2.05) is 0 Å². The summed E-state index contributed by atoms with van der Waals surface area (Å²) in [6, 6.07) is 7.72. The molecule has 0 saturated heterocycles. The summed E-state index contributed by atoms with van der Waals surface area (Å²) in [5.41, 5.74) is 6.11. The number of nitrogens with zero attached hydrogens (tertiary/aromatic N) is 1. The molecule has 0 radical (unpaired) electrons. The van der Waals surface area contributed by atoms with Crippen LogP contribution in [0.2, 0.25) is 0 Å². The standard InChI is InChI=1S/C13H13FN2O/c1-9(15)13-11(14)5-2-6-12(13)17-10-4-3-7-16-8-10/h2-9H,15H2,1H3/t9-/m0/s1. The SMILES string of the molecule is C[C@H](N)c1c(F)cccc1Oc1cccnc1. The van der Waals surface area contributed by atoms with Crippen LogP contribution in [-0.4, -0.2) is 4.98 Å². The van der Waals surface area contributed by atoms with Crippen molar-refractivity contribution in [3.8, 4) is 11.5 Å². The van der Waals surface area contributed by atoms with Crippen LogP contribution in [0, 0.1) is 5.82 Å². The molecule has 88 valence electrons. The summed E-state index contributed by atoms with van der Waals surface area (Å²) >= 11 is 0. The Kier molecular flexibility index (Phi) is 3.35. The third-order valence-corrected chi connectivity index (χ3v) is 2.33. The minimum Gasteiger partial charge on any atom is -0.455 e. The van der Waals surface area contributed by atoms with Crippen LogP contribution in [0.25, 0.3) is 0 Å². The third-order valence-electron chi connectivity index (χ3n) is 2.33. The van der Waals surface area contributed by atoms with Crippen LogP contribution in [0.1, 0.15) is 18.5 Å². The maximum absolute atomic E-state index is 13.6. The molecule has 0 saturated carbocycles. The van der Waals surface area contributed by atoms with Crippen molar-refractivity contribution in [2.24, 2.45) is 5.73 Å². The maximum atomic E-state index is 13.6. The number of pyridine rings is 1. The van der Waals surface area contributed by atoms with E-state index in [9.17, 15) is 4.39 Å². The number of nitrogens with two attached hydrogens (primary N) is 1. The number of halogens is 1. The van der Waals surface area contributed by atoms with E-state index in [4.69, 9.17) is 10.5 Å². The number of hydrogen-bond acceptors (Lipinski definition) is 3. The van der Waals surface area contributed by atoms with E-state index < -0.39 is 6.04 Å². The lowest BCUT2D eigenvalue weighted by Gasteiger charge is -2.14. The van der Waals surface area contributed by atoms with Crippen molar-refractivity contribution in [1.82, 2.24) is 4.98 Å². The van der Waals surface area contributed by atoms with Gasteiger partial charge in [0.05, 0.1) is 6.20 Å². The van der Waals surface area contributed by atoms with Gasteiger partial charge in [-0.1, -0.05) is 6.07 Å². The first-order chi connectivity index (χ1) is 8.18. The maximum Gasteiger partial charge on any atom is 0.145 e. The molecule has 4 heteroatoms. The van der Waals surface area contributed by atoms with Crippen LogP contribution in [0.5, 0.6) is 11.5 Å². The summed E-state index contributed by atoms with van der Waals surface area (Å²) in [4.78, 5) is 3.93. The van der Waals surface area contributed by atoms with Crippen LogP contribution >= 0.6 is 0 Å². The van der Waals surface area contributed by atoms with Gasteiger partial charge in [0, 0.05) is 17.8 Å². The molecule has 1 heterocycles. The number of aromatic nitrogens is 1. The Morgan fingerprint density at radius 3 is 2.76 bits per heavy atom. The summed E-state index contributed by atoms with van der Waals surface area (Å²) in [5.74, 6) is 0.620. The van der Waals surface area contributed by atoms with Gasteiger partial charge < -0.3 is 10.5 Å². The smallest absolute Gasteiger partial charge is 0.145 e. The largest absolute Gasteiger partial charge is 0.455 e. The minimum atomic E-state index is -0.428. The van der Waals surface area contributed by atoms with Crippen molar-refractivity contribution >= 4 is 0 Å². The van der Waals surface area contributed by atoms with Gasteiger partial charge in [0.1, 0.15) is 17.3 Å². The summed E-state index contributed by atoms with van der Waals surface area (Å²) < 4.78 is 19.2. The molecule has 2 N–H and O–H groups in total. The molecule has 0 bridgehead atoms. The summed E-state index contributed by atoms with van der Waals surface area (Å²) in [6.07, 6.45) is 3.21. The summed E-state index contributed by atoms with van der Waals surface area (Å²) in [5, 5.41) is 0. The second kappa shape index (κ2) is 4.93. The van der Waals surface area contributed by atoms with Crippen molar-refractivity contribution in [2.75, 3.05) is 0 Å². The van der Waals surface area contributed by atoms with Gasteiger partial charge in [-0.2, -0.15) is 0 Å². The lowest BCUT2D eigenvalue weighted by molar-refractivity contribution is 0.459. The molecule has 0 aliphatic carbocycles. The Balaban J connectivity index is 2.36. The molecule has 0 unspecified atom stereocenters. The van der Waals surface area contributed by atoms with Crippen molar-refractivity contribution in [3.05, 3.63) is 54.1 Å². The fourth-order valence-corrected chi connectivity index (χ4v) is 1.58. The van der Waals surface area contributed by atoms with Gasteiger partial charge in [0.2, 0.25) is 0 Å². The quantitative estimate of drug-likeness (QED) is 0.884. The van der Waals surface area contributed by atoms with Crippen LogP contribution < -0.4 is 10.5 Å². The second-order valence-corrected chi connectivity index (χ2v) is 3.73. The first kappa shape index (κ1) is 11.5. The van der Waals surface area contributed by atoms with Crippen LogP contribution in [0.3, 0.4) is 0 Å². The van der Waals surface area contributed by atoms with Gasteiger partial charge in [-0.3, -0.25) is 4.98 Å². The fraction of sp³-hybridized carbons (Fsp3) is 0.154. The van der Waals surface area contributed by atoms with Crippen LogP contribution in [0.15, 0.2) is 42.7 Å². The van der Waals surface area contributed by atoms with E-state index in [0.29, 0.717) is 17.1 Å². The zero-order valence-electron chi connectivity index (χ0n) is 9.43. The number of rotatable bonds is 3. The molecular formula is C13H13FN2O. The molecule has 17 heavy (non-hydrogen) atoms. The number of ether oxygens (including phenoxy) is 1. The Morgan fingerprint density at radius 2 is 2.12 bits per heavy atom. The highest BCUT2D eigenvalue weighted by molar-refractivity contribution is 5.39. The highest BCUT2D eigenvalue weighted by atomic mass is 19.1. The topological polar surface area (TPSA) is 48.1 Å². The minimum absolute atomic E-state index is 0.360. The summed E-state index contributed by atoms with van der Waals surface area (Å²) in [7, 11) is 0. The van der Waals surface area contributed by atoms with Crippen molar-refractivity contribution in [3.63, 3.8) is 0 Å². The van der Waals surface area contributed by atoms with Gasteiger partial charge in [0.15, 0.2) is 0 Å². The molecule has 0 fully saturated rings. The van der Waals surface area contributed by atoms with E-state index in [0.717, 1.165) is 0 Å². The predicted molar refractivity (Wildman–Crippen MR) is 63.3 cm³/mol. The zero-order chi connectivity index (χ0) is 12.3. The predicted octanol–water partition coefficient (Wildman–Crippen LogP) is 3.03. The molecule has 0 aliphatic heterocycles. The molecule has 3 nitrogen and oxygen atoms in total. The zero-order valence-corrected chi connectivity index (χ0v) is 9.43. The monoisotopic (exact) mass is 232 g/mol. The molecule has 1 aromatic heterocycles. The van der Waals surface area contributed by atoms with Crippen molar-refractivity contribution in [1.29, 1.82) is 0 Å². The summed E-state index contributed by atoms with van der Waals surface area (Å²) in [6.45, 7) is 1.72. The average molecular weight is 232 g/mol. The van der Waals surface area contributed by atoms with Gasteiger partial charge in [-0.15, -0.1) is 0 Å². The molecule has 0 amide bonds. The Bertz CT molecular complexity index is 500. The normalized spacial score (nSPS) is 12.2. The highest BCUT2D eigenvalue weighted by Crippen LogP contribution is 2.30. The van der Waals surface area contributed by atoms with E-state index >= 15 is 0 Å². The van der Waals surface area contributed by atoms with Gasteiger partial charge >= 0.3 is 0 Å². The second-order valence-electron chi connectivity index (χ2n) is 3.73. The van der Waals surface area contributed by atoms with Gasteiger partial charge in [-0.05, 0) is 31.2 Å². The van der Waals surface area contributed by atoms with Crippen LogP contribution in [0.4, 0.5) is 4.39 Å². The molecule has 1 atom stereocenters. The van der Waals surface area contributed by atoms with E-state index in [2.05, 4.69) is 4.98 Å². The van der Waals surface area contributed by atoms with E-state index in [1.165, 1.54) is 6.07 Å². The first-order valence-electron chi connectivity index (χ1n) is 5.30. The van der Waals surface area contributed by atoms with Crippen molar-refractivity contribution in [2.45, 2.75) is 13.0 Å². The first-order valence-corrected chi connectivity index (χ1v) is 5.30. The van der Waals surface area contributed by atoms with E-state index in [-0.39, 0.29) is 5.82 Å². The lowest BCUT2D eigenvalue weighted by atomic mass is 10.1. The fourth-order valence-electron chi connectivity index (χ4n) is 1.58. The Labute approximate surface area is 99.1 Å². The number of benzene rings is 1. The molecule has 0 aliphatic rings. The highest BCUT2D eigenvalue weighted by Gasteiger charge is 2.14. The van der Waals surface area contributed by atoms with Crippen molar-refractivity contribution < 1.29 is 9.13 Å². The lowest BCUT2D eigenvalue weighted by Crippen LogP contribution is -2.09. The average Bonchev–Trinajstić information content (AvgIpc) is 2.30. The van der Waals surface area contributed by atoms with E-state index in [1.54, 1.807) is 43.6 Å². The Morgan fingerprint density at radius 1 is 1.29 bits per heavy atom. The molecule has 0 spiro atoms. The van der Waals surface area contributed by atoms with Gasteiger partial charge in [0.25, 0.3) is 0 Å². The van der Waals surface area contributed by atoms with Crippen LogP contribution in [-0.2, 0) is 0 Å². The molecule has 2 rings (SSSR count). The molecular weight excluding hydrogens is 219 g/mol. The Hall–Kier alpha value is -1.94. The molecule has 2 aromatic rings. The number of hydrogen-bond donors (Lipinski definition) is 1.